The molecule has 2 heterocycles. The molecule has 0 saturated carbocycles. The van der Waals surface area contributed by atoms with Gasteiger partial charge in [-0.15, -0.1) is 0 Å². The van der Waals surface area contributed by atoms with E-state index < -0.39 is 20.6 Å². The lowest BCUT2D eigenvalue weighted by Gasteiger charge is -2.08. The van der Waals surface area contributed by atoms with E-state index in [-0.39, 0.29) is 18.0 Å². The summed E-state index contributed by atoms with van der Waals surface area (Å²) in [5.41, 5.74) is 0.134. The lowest BCUT2D eigenvalue weighted by atomic mass is 10.3. The number of sulfonamides is 1. The maximum atomic E-state index is 12.3. The van der Waals surface area contributed by atoms with Crippen molar-refractivity contribution < 1.29 is 18.1 Å². The zero-order valence-electron chi connectivity index (χ0n) is 13.8. The molecule has 0 aliphatic heterocycles. The molecule has 3 rings (SSSR count). The van der Waals surface area contributed by atoms with Gasteiger partial charge in [-0.25, -0.2) is 17.7 Å². The van der Waals surface area contributed by atoms with Crippen LogP contribution in [0.3, 0.4) is 0 Å². The molecule has 0 radical (unpaired) electrons. The van der Waals surface area contributed by atoms with Crippen LogP contribution in [0.4, 0.5) is 5.69 Å². The van der Waals surface area contributed by atoms with Gasteiger partial charge in [0.1, 0.15) is 0 Å². The molecule has 0 aliphatic carbocycles. The molecule has 1 N–H and O–H groups in total. The molecule has 142 valence electrons. The Morgan fingerprint density at radius 1 is 1.30 bits per heavy atom. The molecule has 0 unspecified atom stereocenters. The van der Waals surface area contributed by atoms with Gasteiger partial charge in [0.05, 0.1) is 22.2 Å². The molecule has 2 aromatic heterocycles. The van der Waals surface area contributed by atoms with Crippen molar-refractivity contribution in [1.82, 2.24) is 19.3 Å². The van der Waals surface area contributed by atoms with E-state index in [2.05, 4.69) is 30.7 Å². The molecule has 0 spiro atoms. The quantitative estimate of drug-likeness (QED) is 0.312. The number of fused-ring (bicyclic) bond motifs is 1. The fourth-order valence-corrected chi connectivity index (χ4v) is 3.88. The highest BCUT2D eigenvalue weighted by Gasteiger charge is 2.24. The van der Waals surface area contributed by atoms with Crippen molar-refractivity contribution in [3.05, 3.63) is 57.3 Å². The van der Waals surface area contributed by atoms with E-state index in [0.29, 0.717) is 17.9 Å². The molecule has 0 amide bonds. The van der Waals surface area contributed by atoms with E-state index >= 15 is 0 Å². The van der Waals surface area contributed by atoms with Gasteiger partial charge in [0.2, 0.25) is 15.9 Å². The number of halogens is 1. The van der Waals surface area contributed by atoms with Gasteiger partial charge in [-0.2, -0.15) is 10.1 Å². The lowest BCUT2D eigenvalue weighted by molar-refractivity contribution is -0.387. The van der Waals surface area contributed by atoms with E-state index in [1.54, 1.807) is 23.0 Å². The van der Waals surface area contributed by atoms with E-state index in [0.717, 1.165) is 10.5 Å². The number of nitrogens with zero attached hydrogens (tertiary/aromatic N) is 4. The van der Waals surface area contributed by atoms with Crippen LogP contribution in [0.2, 0.25) is 0 Å². The second-order valence-electron chi connectivity index (χ2n) is 5.35. The standard InChI is InChI=1S/C15H14BrN5O5S/c16-11-10-17-20-8-6-14(19-15(11)20)26-9-3-7-18-27(24,25)13-5-2-1-4-12(13)21(22)23/h1-2,4-6,8,10,18H,3,7,9H2. The van der Waals surface area contributed by atoms with Gasteiger partial charge in [0.15, 0.2) is 10.5 Å². The third-order valence-electron chi connectivity index (χ3n) is 3.52. The summed E-state index contributed by atoms with van der Waals surface area (Å²) in [7, 11) is -3.99. The van der Waals surface area contributed by atoms with Gasteiger partial charge in [0.25, 0.3) is 5.69 Å². The summed E-state index contributed by atoms with van der Waals surface area (Å²) in [5, 5.41) is 15.0. The second-order valence-corrected chi connectivity index (χ2v) is 7.94. The van der Waals surface area contributed by atoms with E-state index in [4.69, 9.17) is 4.74 Å². The molecular weight excluding hydrogens is 442 g/mol. The maximum Gasteiger partial charge on any atom is 0.289 e. The molecule has 27 heavy (non-hydrogen) atoms. The van der Waals surface area contributed by atoms with Crippen LogP contribution in [0.25, 0.3) is 5.65 Å². The van der Waals surface area contributed by atoms with Crippen molar-refractivity contribution in [2.75, 3.05) is 13.2 Å². The highest BCUT2D eigenvalue weighted by atomic mass is 79.9. The van der Waals surface area contributed by atoms with Crippen LogP contribution in [0.1, 0.15) is 6.42 Å². The summed E-state index contributed by atoms with van der Waals surface area (Å²) in [5.74, 6) is 0.380. The first-order valence-electron chi connectivity index (χ1n) is 7.74. The first-order chi connectivity index (χ1) is 12.9. The molecule has 12 heteroatoms. The molecule has 0 aliphatic rings. The Morgan fingerprint density at radius 3 is 2.85 bits per heavy atom. The Hall–Kier alpha value is -2.57. The molecular formula is C15H14BrN5O5S. The molecule has 0 fully saturated rings. The van der Waals surface area contributed by atoms with Gasteiger partial charge >= 0.3 is 0 Å². The topological polar surface area (TPSA) is 129 Å². The SMILES string of the molecule is O=[N+]([O-])c1ccccc1S(=O)(=O)NCCCOc1ccn2ncc(Br)c2n1. The number of rotatable bonds is 8. The number of ether oxygens (including phenoxy) is 1. The predicted molar refractivity (Wildman–Crippen MR) is 99.1 cm³/mol. The predicted octanol–water partition coefficient (Wildman–Crippen LogP) is 2.15. The fraction of sp³-hybridized carbons (Fsp3) is 0.200. The second kappa shape index (κ2) is 7.98. The van der Waals surface area contributed by atoms with Crippen LogP contribution in [0, 0.1) is 10.1 Å². The Balaban J connectivity index is 1.55. The summed E-state index contributed by atoms with van der Waals surface area (Å²) >= 11 is 3.33. The fourth-order valence-electron chi connectivity index (χ4n) is 2.27. The largest absolute Gasteiger partial charge is 0.478 e. The average Bonchev–Trinajstić information content (AvgIpc) is 3.02. The van der Waals surface area contributed by atoms with Crippen molar-refractivity contribution in [3.63, 3.8) is 0 Å². The van der Waals surface area contributed by atoms with Crippen LogP contribution < -0.4 is 9.46 Å². The highest BCUT2D eigenvalue weighted by Crippen LogP contribution is 2.22. The summed E-state index contributed by atoms with van der Waals surface area (Å²) in [6, 6.07) is 6.83. The monoisotopic (exact) mass is 455 g/mol. The van der Waals surface area contributed by atoms with Gasteiger partial charge < -0.3 is 4.74 Å². The smallest absolute Gasteiger partial charge is 0.289 e. The number of nitro benzene ring substituents is 1. The van der Waals surface area contributed by atoms with Gasteiger partial charge in [-0.05, 0) is 28.4 Å². The van der Waals surface area contributed by atoms with Gasteiger partial charge in [-0.1, -0.05) is 12.1 Å². The number of para-hydroxylation sites is 1. The van der Waals surface area contributed by atoms with Crippen LogP contribution >= 0.6 is 15.9 Å². The molecule has 0 saturated heterocycles. The zero-order valence-corrected chi connectivity index (χ0v) is 16.2. The van der Waals surface area contributed by atoms with E-state index in [1.807, 2.05) is 0 Å². The highest BCUT2D eigenvalue weighted by molar-refractivity contribution is 9.10. The molecule has 10 nitrogen and oxygen atoms in total. The molecule has 0 atom stereocenters. The first-order valence-corrected chi connectivity index (χ1v) is 10.0. The molecule has 1 aromatic carbocycles. The number of hydrogen-bond acceptors (Lipinski definition) is 7. The van der Waals surface area contributed by atoms with Crippen LogP contribution in [0.5, 0.6) is 5.88 Å². The third-order valence-corrected chi connectivity index (χ3v) is 5.58. The minimum Gasteiger partial charge on any atom is -0.478 e. The Bertz CT molecular complexity index is 1090. The minimum atomic E-state index is -3.99. The van der Waals surface area contributed by atoms with Gasteiger partial charge in [0, 0.05) is 24.9 Å². The van der Waals surface area contributed by atoms with Crippen LogP contribution in [-0.2, 0) is 10.0 Å². The summed E-state index contributed by atoms with van der Waals surface area (Å²) in [6.07, 6.45) is 3.66. The maximum absolute atomic E-state index is 12.3. The van der Waals surface area contributed by atoms with Crippen LogP contribution in [-0.4, -0.2) is 41.1 Å². The van der Waals surface area contributed by atoms with Gasteiger partial charge in [-0.3, -0.25) is 10.1 Å². The zero-order chi connectivity index (χ0) is 19.4. The summed E-state index contributed by atoms with van der Waals surface area (Å²) < 4.78 is 34.7. The van der Waals surface area contributed by atoms with Crippen molar-refractivity contribution in [3.8, 4) is 5.88 Å². The lowest BCUT2D eigenvalue weighted by Crippen LogP contribution is -2.26. The van der Waals surface area contributed by atoms with E-state index in [1.165, 1.54) is 18.2 Å². The summed E-state index contributed by atoms with van der Waals surface area (Å²) in [4.78, 5) is 14.2. The molecule has 3 aromatic rings. The van der Waals surface area contributed by atoms with Crippen molar-refractivity contribution in [1.29, 1.82) is 0 Å². The Morgan fingerprint density at radius 2 is 2.07 bits per heavy atom. The Labute approximate surface area is 162 Å². The van der Waals surface area contributed by atoms with Crippen LogP contribution in [0.15, 0.2) is 52.1 Å². The van der Waals surface area contributed by atoms with Crippen molar-refractivity contribution in [2.24, 2.45) is 0 Å². The minimum absolute atomic E-state index is 0.0625. The average molecular weight is 456 g/mol. The Kier molecular flexibility index (Phi) is 5.68. The van der Waals surface area contributed by atoms with Crippen molar-refractivity contribution >= 4 is 37.3 Å². The normalized spacial score (nSPS) is 11.6. The third kappa shape index (κ3) is 4.40. The molecule has 0 bridgehead atoms. The first kappa shape index (κ1) is 19.2. The number of nitro groups is 1. The number of nitrogens with one attached hydrogen (secondary N) is 1. The number of aromatic nitrogens is 3. The van der Waals surface area contributed by atoms with Crippen molar-refractivity contribution in [2.45, 2.75) is 11.3 Å². The van der Waals surface area contributed by atoms with E-state index in [9.17, 15) is 18.5 Å². The number of hydrogen-bond donors (Lipinski definition) is 1. The summed E-state index contributed by atoms with van der Waals surface area (Å²) in [6.45, 7) is 0.279. The number of benzene rings is 1.